The van der Waals surface area contributed by atoms with Crippen molar-refractivity contribution in [1.29, 1.82) is 0 Å². The fraction of sp³-hybridized carbons (Fsp3) is 0.714. The molecule has 1 aromatic rings. The Balaban J connectivity index is 2.62. The van der Waals surface area contributed by atoms with E-state index in [0.717, 1.165) is 18.5 Å². The molecule has 18 heavy (non-hydrogen) atoms. The molecule has 4 heteroatoms. The molecule has 102 valence electrons. The van der Waals surface area contributed by atoms with Crippen LogP contribution in [0.3, 0.4) is 0 Å². The number of rotatable bonds is 7. The van der Waals surface area contributed by atoms with Crippen LogP contribution in [0.5, 0.6) is 0 Å². The zero-order chi connectivity index (χ0) is 13.7. The monoisotopic (exact) mass is 251 g/mol. The Morgan fingerprint density at radius 1 is 1.39 bits per heavy atom. The molecule has 0 radical (unpaired) electrons. The van der Waals surface area contributed by atoms with Crippen LogP contribution >= 0.6 is 0 Å². The van der Waals surface area contributed by atoms with Gasteiger partial charge in [0.25, 0.3) is 0 Å². The second kappa shape index (κ2) is 6.69. The van der Waals surface area contributed by atoms with Crippen LogP contribution in [0, 0.1) is 5.92 Å². The molecule has 0 bridgehead atoms. The van der Waals surface area contributed by atoms with E-state index in [2.05, 4.69) is 25.9 Å². The predicted molar refractivity (Wildman–Crippen MR) is 73.4 cm³/mol. The summed E-state index contributed by atoms with van der Waals surface area (Å²) >= 11 is 0. The minimum atomic E-state index is -0.372. The maximum absolute atomic E-state index is 12.0. The molecule has 0 spiro atoms. The van der Waals surface area contributed by atoms with Crippen LogP contribution < -0.4 is 5.73 Å². The van der Waals surface area contributed by atoms with Crippen LogP contribution in [0.4, 0.5) is 0 Å². The fourth-order valence-corrected chi connectivity index (χ4v) is 1.77. The lowest BCUT2D eigenvalue weighted by atomic mass is 9.94. The third kappa shape index (κ3) is 3.67. The summed E-state index contributed by atoms with van der Waals surface area (Å²) in [7, 11) is 0. The summed E-state index contributed by atoms with van der Waals surface area (Å²) in [5, 5.41) is 4.43. The Morgan fingerprint density at radius 2 is 2.06 bits per heavy atom. The second-order valence-corrected chi connectivity index (χ2v) is 5.10. The van der Waals surface area contributed by atoms with E-state index in [1.165, 1.54) is 0 Å². The number of carbonyl (C=O) groups is 1. The average Bonchev–Trinajstić information content (AvgIpc) is 2.84. The van der Waals surface area contributed by atoms with Gasteiger partial charge in [-0.2, -0.15) is 5.10 Å². The van der Waals surface area contributed by atoms with E-state index in [1.54, 1.807) is 0 Å². The standard InChI is InChI=1S/C14H25N3O/c1-5-10(3)14(15)13(18)9-12-7-8-17(16-12)11(4)6-2/h7-8,10-11,14H,5-6,9,15H2,1-4H3. The molecule has 1 rings (SSSR count). The maximum atomic E-state index is 12.0. The summed E-state index contributed by atoms with van der Waals surface area (Å²) in [4.78, 5) is 12.0. The molecule has 1 heterocycles. The third-order valence-electron chi connectivity index (χ3n) is 3.69. The summed E-state index contributed by atoms with van der Waals surface area (Å²) in [5.74, 6) is 0.313. The Morgan fingerprint density at radius 3 is 2.61 bits per heavy atom. The van der Waals surface area contributed by atoms with Crippen LogP contribution in [0.25, 0.3) is 0 Å². The van der Waals surface area contributed by atoms with Crippen molar-refractivity contribution in [2.45, 2.75) is 59.0 Å². The number of hydrogen-bond donors (Lipinski definition) is 1. The molecule has 2 N–H and O–H groups in total. The van der Waals surface area contributed by atoms with Crippen LogP contribution in [-0.2, 0) is 11.2 Å². The van der Waals surface area contributed by atoms with E-state index in [0.29, 0.717) is 12.5 Å². The first-order valence-electron chi connectivity index (χ1n) is 6.81. The summed E-state index contributed by atoms with van der Waals surface area (Å²) in [5.41, 5.74) is 6.75. The van der Waals surface area contributed by atoms with Crippen molar-refractivity contribution in [1.82, 2.24) is 9.78 Å². The molecule has 1 aromatic heterocycles. The lowest BCUT2D eigenvalue weighted by Gasteiger charge is -2.16. The first-order valence-corrected chi connectivity index (χ1v) is 6.81. The van der Waals surface area contributed by atoms with Gasteiger partial charge in [0.15, 0.2) is 5.78 Å². The fourth-order valence-electron chi connectivity index (χ4n) is 1.77. The number of Topliss-reactive ketones (excluding diaryl/α,β-unsaturated/α-hetero) is 1. The van der Waals surface area contributed by atoms with Gasteiger partial charge < -0.3 is 5.73 Å². The van der Waals surface area contributed by atoms with Gasteiger partial charge in [-0.1, -0.05) is 27.2 Å². The van der Waals surface area contributed by atoms with Crippen LogP contribution in [0.1, 0.15) is 52.3 Å². The molecule has 0 aliphatic rings. The number of nitrogens with two attached hydrogens (primary N) is 1. The van der Waals surface area contributed by atoms with E-state index < -0.39 is 0 Å². The van der Waals surface area contributed by atoms with Crippen molar-refractivity contribution in [3.63, 3.8) is 0 Å². The van der Waals surface area contributed by atoms with Crippen LogP contribution in [0.15, 0.2) is 12.3 Å². The molecule has 3 atom stereocenters. The van der Waals surface area contributed by atoms with Gasteiger partial charge in [0.2, 0.25) is 0 Å². The van der Waals surface area contributed by atoms with Crippen molar-refractivity contribution in [3.8, 4) is 0 Å². The summed E-state index contributed by atoms with van der Waals surface area (Å²) in [6, 6.07) is 1.91. The van der Waals surface area contributed by atoms with Crippen molar-refractivity contribution in [2.24, 2.45) is 11.7 Å². The third-order valence-corrected chi connectivity index (χ3v) is 3.69. The molecular formula is C14H25N3O. The Kier molecular flexibility index (Phi) is 5.54. The van der Waals surface area contributed by atoms with E-state index in [1.807, 2.05) is 23.9 Å². The van der Waals surface area contributed by atoms with Crippen molar-refractivity contribution in [2.75, 3.05) is 0 Å². The highest BCUT2D eigenvalue weighted by molar-refractivity contribution is 5.85. The van der Waals surface area contributed by atoms with Gasteiger partial charge >= 0.3 is 0 Å². The van der Waals surface area contributed by atoms with Gasteiger partial charge in [0, 0.05) is 12.2 Å². The summed E-state index contributed by atoms with van der Waals surface area (Å²) in [6.45, 7) is 8.30. The van der Waals surface area contributed by atoms with Crippen molar-refractivity contribution >= 4 is 5.78 Å². The average molecular weight is 251 g/mol. The SMILES string of the molecule is CCC(C)C(N)C(=O)Cc1ccn(C(C)CC)n1. The quantitative estimate of drug-likeness (QED) is 0.809. The highest BCUT2D eigenvalue weighted by Gasteiger charge is 2.20. The molecule has 0 aromatic carbocycles. The molecular weight excluding hydrogens is 226 g/mol. The van der Waals surface area contributed by atoms with Crippen molar-refractivity contribution < 1.29 is 4.79 Å². The molecule has 4 nitrogen and oxygen atoms in total. The van der Waals surface area contributed by atoms with Gasteiger partial charge in [0.1, 0.15) is 0 Å². The first-order chi connectivity index (χ1) is 8.49. The van der Waals surface area contributed by atoms with E-state index in [9.17, 15) is 4.79 Å². The maximum Gasteiger partial charge on any atom is 0.155 e. The van der Waals surface area contributed by atoms with Gasteiger partial charge in [-0.3, -0.25) is 9.48 Å². The number of hydrogen-bond acceptors (Lipinski definition) is 3. The second-order valence-electron chi connectivity index (χ2n) is 5.10. The normalized spacial score (nSPS) is 16.3. The molecule has 0 fully saturated rings. The van der Waals surface area contributed by atoms with E-state index in [4.69, 9.17) is 5.73 Å². The lowest BCUT2D eigenvalue weighted by molar-refractivity contribution is -0.120. The van der Waals surface area contributed by atoms with Gasteiger partial charge in [-0.25, -0.2) is 0 Å². The summed E-state index contributed by atoms with van der Waals surface area (Å²) in [6.07, 6.45) is 4.23. The van der Waals surface area contributed by atoms with Crippen molar-refractivity contribution in [3.05, 3.63) is 18.0 Å². The van der Waals surface area contributed by atoms with Gasteiger partial charge in [-0.15, -0.1) is 0 Å². The Bertz CT molecular complexity index is 386. The largest absolute Gasteiger partial charge is 0.321 e. The Labute approximate surface area is 110 Å². The first kappa shape index (κ1) is 14.9. The number of ketones is 1. The lowest BCUT2D eigenvalue weighted by Crippen LogP contribution is -2.37. The van der Waals surface area contributed by atoms with E-state index in [-0.39, 0.29) is 17.7 Å². The molecule has 0 saturated carbocycles. The number of aromatic nitrogens is 2. The molecule has 0 aliphatic heterocycles. The predicted octanol–water partition coefficient (Wildman–Crippen LogP) is 2.34. The summed E-state index contributed by atoms with van der Waals surface area (Å²) < 4.78 is 1.91. The highest BCUT2D eigenvalue weighted by atomic mass is 16.1. The van der Waals surface area contributed by atoms with Gasteiger partial charge in [-0.05, 0) is 25.3 Å². The van der Waals surface area contributed by atoms with Crippen LogP contribution in [-0.4, -0.2) is 21.6 Å². The number of nitrogens with zero attached hydrogens (tertiary/aromatic N) is 2. The van der Waals surface area contributed by atoms with Crippen LogP contribution in [0.2, 0.25) is 0 Å². The number of carbonyl (C=O) groups excluding carboxylic acids is 1. The van der Waals surface area contributed by atoms with E-state index >= 15 is 0 Å². The topological polar surface area (TPSA) is 60.9 Å². The zero-order valence-electron chi connectivity index (χ0n) is 11.9. The minimum absolute atomic E-state index is 0.0822. The Hall–Kier alpha value is -1.16. The molecule has 0 saturated heterocycles. The molecule has 0 amide bonds. The zero-order valence-corrected chi connectivity index (χ0v) is 11.9. The molecule has 0 aliphatic carbocycles. The van der Waals surface area contributed by atoms with Gasteiger partial charge in [0.05, 0.1) is 18.2 Å². The highest BCUT2D eigenvalue weighted by Crippen LogP contribution is 2.12. The minimum Gasteiger partial charge on any atom is -0.321 e. The smallest absolute Gasteiger partial charge is 0.155 e. The molecule has 3 unspecified atom stereocenters.